The normalized spacial score (nSPS) is 11.6. The Bertz CT molecular complexity index is 721. The third-order valence-corrected chi connectivity index (χ3v) is 4.29. The highest BCUT2D eigenvalue weighted by atomic mass is 35.5. The minimum absolute atomic E-state index is 0. The molecule has 6 nitrogen and oxygen atoms in total. The molecule has 1 aromatic carbocycles. The zero-order valence-corrected chi connectivity index (χ0v) is 14.1. The standard InChI is InChI=1S/C14H13ClN2O4S.ClH/c15-10-2-1-7(8(5-16)4-12(18)19)3-9(10)11-6-22-13(17-11)14(20)21;/h1-3,6,8H,4-5,16H2,(H,18,19)(H,20,21);1H/t8-;/m0./s1. The van der Waals surface area contributed by atoms with Gasteiger partial charge in [-0.15, -0.1) is 23.7 Å². The number of benzene rings is 1. The van der Waals surface area contributed by atoms with Crippen LogP contribution < -0.4 is 5.73 Å². The van der Waals surface area contributed by atoms with Crippen LogP contribution >= 0.6 is 35.3 Å². The zero-order chi connectivity index (χ0) is 16.3. The maximum atomic E-state index is 10.9. The molecule has 0 bridgehead atoms. The number of nitrogens with two attached hydrogens (primary N) is 1. The van der Waals surface area contributed by atoms with E-state index in [1.165, 1.54) is 0 Å². The number of carboxylic acid groups (broad SMARTS) is 2. The van der Waals surface area contributed by atoms with Gasteiger partial charge in [-0.05, 0) is 24.2 Å². The molecular weight excluding hydrogens is 363 g/mol. The molecule has 1 heterocycles. The smallest absolute Gasteiger partial charge is 0.365 e. The number of aromatic carboxylic acids is 1. The number of thiazole rings is 1. The summed E-state index contributed by atoms with van der Waals surface area (Å²) in [7, 11) is 0. The molecule has 4 N–H and O–H groups in total. The fourth-order valence-electron chi connectivity index (χ4n) is 2.04. The van der Waals surface area contributed by atoms with E-state index in [1.807, 2.05) is 0 Å². The number of nitrogens with zero attached hydrogens (tertiary/aromatic N) is 1. The van der Waals surface area contributed by atoms with Gasteiger partial charge in [0.05, 0.1) is 17.1 Å². The fourth-order valence-corrected chi connectivity index (χ4v) is 2.91. The number of halogens is 2. The van der Waals surface area contributed by atoms with Crippen LogP contribution in [-0.2, 0) is 4.79 Å². The third kappa shape index (κ3) is 4.65. The monoisotopic (exact) mass is 376 g/mol. The van der Waals surface area contributed by atoms with Gasteiger partial charge in [-0.25, -0.2) is 9.78 Å². The Morgan fingerprint density at radius 3 is 2.57 bits per heavy atom. The Balaban J connectivity index is 0.00000264. The van der Waals surface area contributed by atoms with Gasteiger partial charge in [0.1, 0.15) is 0 Å². The van der Waals surface area contributed by atoms with Crippen LogP contribution in [0.2, 0.25) is 5.02 Å². The molecule has 2 rings (SSSR count). The van der Waals surface area contributed by atoms with E-state index in [-0.39, 0.29) is 36.3 Å². The van der Waals surface area contributed by atoms with Crippen molar-refractivity contribution in [3.05, 3.63) is 39.2 Å². The number of aliphatic carboxylic acids is 1. The van der Waals surface area contributed by atoms with E-state index in [1.54, 1.807) is 23.6 Å². The van der Waals surface area contributed by atoms with Gasteiger partial charge in [-0.2, -0.15) is 0 Å². The van der Waals surface area contributed by atoms with Crippen molar-refractivity contribution in [3.63, 3.8) is 0 Å². The molecule has 1 aromatic heterocycles. The van der Waals surface area contributed by atoms with Crippen LogP contribution in [0.3, 0.4) is 0 Å². The summed E-state index contributed by atoms with van der Waals surface area (Å²) in [6.45, 7) is 0.185. The van der Waals surface area contributed by atoms with Crippen molar-refractivity contribution in [1.29, 1.82) is 0 Å². The first-order chi connectivity index (χ1) is 10.4. The minimum atomic E-state index is -1.10. The number of hydrogen-bond donors (Lipinski definition) is 3. The number of aromatic nitrogens is 1. The average Bonchev–Trinajstić information content (AvgIpc) is 2.95. The molecule has 0 saturated heterocycles. The molecule has 0 saturated carbocycles. The van der Waals surface area contributed by atoms with E-state index in [4.69, 9.17) is 27.5 Å². The molecule has 2 aromatic rings. The van der Waals surface area contributed by atoms with Crippen molar-refractivity contribution in [3.8, 4) is 11.3 Å². The average molecular weight is 377 g/mol. The summed E-state index contributed by atoms with van der Waals surface area (Å²) in [5.74, 6) is -2.38. The van der Waals surface area contributed by atoms with Crippen molar-refractivity contribution in [1.82, 2.24) is 4.98 Å². The van der Waals surface area contributed by atoms with Gasteiger partial charge >= 0.3 is 11.9 Å². The van der Waals surface area contributed by atoms with Crippen molar-refractivity contribution in [2.24, 2.45) is 5.73 Å². The van der Waals surface area contributed by atoms with Gasteiger partial charge in [-0.3, -0.25) is 4.79 Å². The van der Waals surface area contributed by atoms with Gasteiger partial charge in [0.2, 0.25) is 5.01 Å². The first-order valence-corrected chi connectivity index (χ1v) is 7.58. The van der Waals surface area contributed by atoms with E-state index in [0.717, 1.165) is 16.9 Å². The van der Waals surface area contributed by atoms with Gasteiger partial charge in [0.25, 0.3) is 0 Å². The van der Waals surface area contributed by atoms with Crippen LogP contribution in [0.1, 0.15) is 27.7 Å². The highest BCUT2D eigenvalue weighted by Crippen LogP contribution is 2.32. The summed E-state index contributed by atoms with van der Waals surface area (Å²) in [6.07, 6.45) is -0.0883. The van der Waals surface area contributed by atoms with Crippen LogP contribution in [-0.4, -0.2) is 33.7 Å². The predicted molar refractivity (Wildman–Crippen MR) is 90.8 cm³/mol. The Labute approximate surface area is 147 Å². The molecule has 124 valence electrons. The molecule has 0 aliphatic carbocycles. The van der Waals surface area contributed by atoms with E-state index in [0.29, 0.717) is 16.3 Å². The highest BCUT2D eigenvalue weighted by molar-refractivity contribution is 7.11. The van der Waals surface area contributed by atoms with Crippen LogP contribution in [0.4, 0.5) is 0 Å². The van der Waals surface area contributed by atoms with Gasteiger partial charge in [0.15, 0.2) is 0 Å². The highest BCUT2D eigenvalue weighted by Gasteiger charge is 2.18. The molecule has 1 atom stereocenters. The van der Waals surface area contributed by atoms with Crippen molar-refractivity contribution < 1.29 is 19.8 Å². The molecule has 9 heteroatoms. The Kier molecular flexibility index (Phi) is 6.96. The molecule has 0 amide bonds. The van der Waals surface area contributed by atoms with Gasteiger partial charge in [0, 0.05) is 16.9 Å². The van der Waals surface area contributed by atoms with Crippen molar-refractivity contribution in [2.45, 2.75) is 12.3 Å². The lowest BCUT2D eigenvalue weighted by atomic mass is 9.94. The molecule has 0 spiro atoms. The van der Waals surface area contributed by atoms with E-state index < -0.39 is 11.9 Å². The van der Waals surface area contributed by atoms with E-state index in [2.05, 4.69) is 4.98 Å². The summed E-state index contributed by atoms with van der Waals surface area (Å²) in [4.78, 5) is 25.8. The molecule has 0 aliphatic rings. The summed E-state index contributed by atoms with van der Waals surface area (Å²) in [5.41, 5.74) is 7.37. The maximum Gasteiger partial charge on any atom is 0.365 e. The molecule has 0 aliphatic heterocycles. The van der Waals surface area contributed by atoms with Crippen LogP contribution in [0, 0.1) is 0 Å². The second-order valence-electron chi connectivity index (χ2n) is 4.61. The molecule has 0 unspecified atom stereocenters. The quantitative estimate of drug-likeness (QED) is 0.713. The zero-order valence-electron chi connectivity index (χ0n) is 11.7. The summed E-state index contributed by atoms with van der Waals surface area (Å²) in [5, 5.41) is 19.8. The van der Waals surface area contributed by atoms with Gasteiger partial charge < -0.3 is 15.9 Å². The number of rotatable bonds is 6. The van der Waals surface area contributed by atoms with E-state index >= 15 is 0 Å². The fraction of sp³-hybridized carbons (Fsp3) is 0.214. The molecule has 0 fully saturated rings. The third-order valence-electron chi connectivity index (χ3n) is 3.13. The Hall–Kier alpha value is -1.67. The van der Waals surface area contributed by atoms with Crippen molar-refractivity contribution in [2.75, 3.05) is 6.54 Å². The first-order valence-electron chi connectivity index (χ1n) is 6.33. The van der Waals surface area contributed by atoms with E-state index in [9.17, 15) is 9.59 Å². The second-order valence-corrected chi connectivity index (χ2v) is 5.88. The SMILES string of the molecule is Cl.NC[C@H](CC(=O)O)c1ccc(Cl)c(-c2csc(C(=O)O)n2)c1. The lowest BCUT2D eigenvalue weighted by molar-refractivity contribution is -0.137. The summed E-state index contributed by atoms with van der Waals surface area (Å²) >= 11 is 7.15. The Morgan fingerprint density at radius 2 is 2.04 bits per heavy atom. The Morgan fingerprint density at radius 1 is 1.35 bits per heavy atom. The minimum Gasteiger partial charge on any atom is -0.481 e. The first kappa shape index (κ1) is 19.4. The van der Waals surface area contributed by atoms with Crippen LogP contribution in [0.15, 0.2) is 23.6 Å². The van der Waals surface area contributed by atoms with Crippen LogP contribution in [0.25, 0.3) is 11.3 Å². The number of carbonyl (C=O) groups is 2. The number of hydrogen-bond acceptors (Lipinski definition) is 5. The lowest BCUT2D eigenvalue weighted by Crippen LogP contribution is -2.16. The van der Waals surface area contributed by atoms with Crippen LogP contribution in [0.5, 0.6) is 0 Å². The number of carboxylic acids is 2. The predicted octanol–water partition coefficient (Wildman–Crippen LogP) is 3.10. The van der Waals surface area contributed by atoms with Crippen molar-refractivity contribution >= 4 is 47.3 Å². The largest absolute Gasteiger partial charge is 0.481 e. The summed E-state index contributed by atoms with van der Waals surface area (Å²) < 4.78 is 0. The molecule has 0 radical (unpaired) electrons. The molecular formula is C14H14Cl2N2O4S. The second kappa shape index (κ2) is 8.26. The topological polar surface area (TPSA) is 114 Å². The summed E-state index contributed by atoms with van der Waals surface area (Å²) in [6, 6.07) is 5.07. The molecule has 23 heavy (non-hydrogen) atoms. The lowest BCUT2D eigenvalue weighted by Gasteiger charge is -2.14. The van der Waals surface area contributed by atoms with Gasteiger partial charge in [-0.1, -0.05) is 17.7 Å². The maximum absolute atomic E-state index is 10.9.